The van der Waals surface area contributed by atoms with Gasteiger partial charge in [-0.25, -0.2) is 4.39 Å². The average Bonchev–Trinajstić information content (AvgIpc) is 3.05. The van der Waals surface area contributed by atoms with E-state index in [0.29, 0.717) is 23.5 Å². The summed E-state index contributed by atoms with van der Waals surface area (Å²) in [6.45, 7) is 3.89. The number of halogens is 1. The Balaban J connectivity index is 1.70. The first-order chi connectivity index (χ1) is 15.4. The Labute approximate surface area is 190 Å². The van der Waals surface area contributed by atoms with E-state index in [1.165, 1.54) is 12.8 Å². The number of aromatic nitrogens is 3. The van der Waals surface area contributed by atoms with E-state index in [2.05, 4.69) is 31.7 Å². The summed E-state index contributed by atoms with van der Waals surface area (Å²) in [7, 11) is 4.19. The van der Waals surface area contributed by atoms with Crippen LogP contribution in [0.5, 0.6) is 0 Å². The van der Waals surface area contributed by atoms with Crippen LogP contribution in [0.4, 0.5) is 27.9 Å². The van der Waals surface area contributed by atoms with Crippen molar-refractivity contribution in [3.05, 3.63) is 29.6 Å². The minimum atomic E-state index is -0.216. The summed E-state index contributed by atoms with van der Waals surface area (Å²) >= 11 is 0. The molecule has 0 amide bonds. The van der Waals surface area contributed by atoms with Gasteiger partial charge in [-0.1, -0.05) is 31.7 Å². The molecule has 0 bridgehead atoms. The molecule has 1 aliphatic carbocycles. The van der Waals surface area contributed by atoms with Gasteiger partial charge in [-0.3, -0.25) is 0 Å². The molecule has 2 aliphatic rings. The van der Waals surface area contributed by atoms with Crippen LogP contribution in [-0.4, -0.2) is 59.1 Å². The molecule has 2 heterocycles. The van der Waals surface area contributed by atoms with Crippen LogP contribution in [0.3, 0.4) is 0 Å². The third-order valence-corrected chi connectivity index (χ3v) is 7.02. The quantitative estimate of drug-likeness (QED) is 0.694. The van der Waals surface area contributed by atoms with Gasteiger partial charge in [0.2, 0.25) is 17.8 Å². The number of piperidine rings is 1. The number of rotatable bonds is 5. The fourth-order valence-electron chi connectivity index (χ4n) is 4.92. The van der Waals surface area contributed by atoms with Crippen molar-refractivity contribution >= 4 is 23.5 Å². The molecular weight excluding hydrogens is 405 g/mol. The molecule has 1 aromatic carbocycles. The number of anilines is 4. The molecule has 1 aromatic heterocycles. The van der Waals surface area contributed by atoms with Crippen LogP contribution in [0.15, 0.2) is 18.2 Å². The predicted octanol–water partition coefficient (Wildman–Crippen LogP) is 4.29. The van der Waals surface area contributed by atoms with Crippen LogP contribution in [-0.2, 0) is 0 Å². The maximum absolute atomic E-state index is 14.5. The van der Waals surface area contributed by atoms with E-state index in [1.807, 2.05) is 19.2 Å². The standard InChI is InChI=1S/C24H36FN7/c1-17-10-11-20(16-21(17)25)32(19-8-6-4-5-7-9-19)24-28-22(26)27-23(29-24)31(3)18-12-14-30(2)15-13-18/h10-11,16,18-19H,4-9,12-15H2,1-3H3,(H2,26,27,28,29). The molecule has 0 radical (unpaired) electrons. The van der Waals surface area contributed by atoms with Gasteiger partial charge in [0.25, 0.3) is 0 Å². The van der Waals surface area contributed by atoms with Crippen LogP contribution >= 0.6 is 0 Å². The van der Waals surface area contributed by atoms with Crippen LogP contribution < -0.4 is 15.5 Å². The number of hydrogen-bond acceptors (Lipinski definition) is 7. The van der Waals surface area contributed by atoms with Gasteiger partial charge in [-0.05, 0) is 70.4 Å². The summed E-state index contributed by atoms with van der Waals surface area (Å²) in [5.41, 5.74) is 7.59. The zero-order valence-corrected chi connectivity index (χ0v) is 19.6. The molecule has 1 aliphatic heterocycles. The summed E-state index contributed by atoms with van der Waals surface area (Å²) in [4.78, 5) is 20.4. The first kappa shape index (κ1) is 22.7. The van der Waals surface area contributed by atoms with Crippen LogP contribution in [0.25, 0.3) is 0 Å². The van der Waals surface area contributed by atoms with Gasteiger partial charge in [0.05, 0.1) is 0 Å². The molecule has 0 unspecified atom stereocenters. The fourth-order valence-corrected chi connectivity index (χ4v) is 4.92. The minimum Gasteiger partial charge on any atom is -0.368 e. The molecule has 1 saturated carbocycles. The summed E-state index contributed by atoms with van der Waals surface area (Å²) in [6.07, 6.45) is 8.94. The highest BCUT2D eigenvalue weighted by molar-refractivity contribution is 5.61. The summed E-state index contributed by atoms with van der Waals surface area (Å²) < 4.78 is 14.5. The molecule has 8 heteroatoms. The normalized spacial score (nSPS) is 19.0. The van der Waals surface area contributed by atoms with Gasteiger partial charge >= 0.3 is 0 Å². The second kappa shape index (κ2) is 9.98. The third kappa shape index (κ3) is 5.11. The van der Waals surface area contributed by atoms with Gasteiger partial charge in [-0.2, -0.15) is 15.0 Å². The lowest BCUT2D eigenvalue weighted by Gasteiger charge is -2.36. The Kier molecular flexibility index (Phi) is 7.08. The van der Waals surface area contributed by atoms with E-state index in [1.54, 1.807) is 13.0 Å². The molecule has 2 N–H and O–H groups in total. The maximum atomic E-state index is 14.5. The van der Waals surface area contributed by atoms with Crippen LogP contribution in [0, 0.1) is 12.7 Å². The SMILES string of the molecule is Cc1ccc(N(c2nc(N)nc(N(C)C3CCN(C)CC3)n2)C2CCCCCC2)cc1F. The van der Waals surface area contributed by atoms with Crippen molar-refractivity contribution in [2.75, 3.05) is 42.7 Å². The largest absolute Gasteiger partial charge is 0.368 e. The van der Waals surface area contributed by atoms with E-state index in [9.17, 15) is 4.39 Å². The first-order valence-corrected chi connectivity index (χ1v) is 11.9. The van der Waals surface area contributed by atoms with Crippen molar-refractivity contribution in [2.24, 2.45) is 0 Å². The molecule has 32 heavy (non-hydrogen) atoms. The highest BCUT2D eigenvalue weighted by atomic mass is 19.1. The van der Waals surface area contributed by atoms with Crippen molar-refractivity contribution in [3.63, 3.8) is 0 Å². The van der Waals surface area contributed by atoms with Crippen molar-refractivity contribution in [1.29, 1.82) is 0 Å². The molecule has 0 spiro atoms. The first-order valence-electron chi connectivity index (χ1n) is 11.9. The second-order valence-corrected chi connectivity index (χ2v) is 9.39. The van der Waals surface area contributed by atoms with Crippen LogP contribution in [0.2, 0.25) is 0 Å². The van der Waals surface area contributed by atoms with Gasteiger partial charge in [-0.15, -0.1) is 0 Å². The Morgan fingerprint density at radius 2 is 1.59 bits per heavy atom. The molecule has 174 valence electrons. The van der Waals surface area contributed by atoms with Crippen molar-refractivity contribution in [2.45, 2.75) is 70.4 Å². The number of aryl methyl sites for hydroxylation is 1. The summed E-state index contributed by atoms with van der Waals surface area (Å²) in [5, 5.41) is 0. The molecular formula is C24H36FN7. The van der Waals surface area contributed by atoms with Crippen molar-refractivity contribution in [3.8, 4) is 0 Å². The lowest BCUT2D eigenvalue weighted by molar-refractivity contribution is 0.252. The number of nitrogen functional groups attached to an aromatic ring is 1. The van der Waals surface area contributed by atoms with E-state index in [0.717, 1.165) is 57.3 Å². The third-order valence-electron chi connectivity index (χ3n) is 7.02. The zero-order chi connectivity index (χ0) is 22.7. The van der Waals surface area contributed by atoms with Gasteiger partial charge in [0, 0.05) is 24.8 Å². The number of likely N-dealkylation sites (tertiary alicyclic amines) is 1. The van der Waals surface area contributed by atoms with Crippen molar-refractivity contribution in [1.82, 2.24) is 19.9 Å². The molecule has 7 nitrogen and oxygen atoms in total. The lowest BCUT2D eigenvalue weighted by Crippen LogP contribution is -2.43. The molecule has 4 rings (SSSR count). The van der Waals surface area contributed by atoms with Gasteiger partial charge in [0.1, 0.15) is 5.82 Å². The maximum Gasteiger partial charge on any atom is 0.236 e. The number of hydrogen-bond donors (Lipinski definition) is 1. The van der Waals surface area contributed by atoms with E-state index in [4.69, 9.17) is 10.7 Å². The summed E-state index contributed by atoms with van der Waals surface area (Å²) in [5.74, 6) is 1.10. The highest BCUT2D eigenvalue weighted by Crippen LogP contribution is 2.34. The highest BCUT2D eigenvalue weighted by Gasteiger charge is 2.28. The monoisotopic (exact) mass is 441 g/mol. The van der Waals surface area contributed by atoms with Gasteiger partial charge in [0.15, 0.2) is 0 Å². The fraction of sp³-hybridized carbons (Fsp3) is 0.625. The van der Waals surface area contributed by atoms with E-state index in [-0.39, 0.29) is 17.8 Å². The smallest absolute Gasteiger partial charge is 0.236 e. The Morgan fingerprint density at radius 3 is 2.25 bits per heavy atom. The summed E-state index contributed by atoms with van der Waals surface area (Å²) in [6, 6.07) is 5.96. The number of benzene rings is 1. The Morgan fingerprint density at radius 1 is 0.938 bits per heavy atom. The van der Waals surface area contributed by atoms with Crippen LogP contribution in [0.1, 0.15) is 56.9 Å². The number of nitrogens with two attached hydrogens (primary N) is 1. The molecule has 2 aromatic rings. The van der Waals surface area contributed by atoms with Gasteiger partial charge < -0.3 is 20.4 Å². The molecule has 0 atom stereocenters. The lowest BCUT2D eigenvalue weighted by atomic mass is 10.0. The second-order valence-electron chi connectivity index (χ2n) is 9.39. The minimum absolute atomic E-state index is 0.205. The molecule has 1 saturated heterocycles. The van der Waals surface area contributed by atoms with Crippen molar-refractivity contribution < 1.29 is 4.39 Å². The average molecular weight is 442 g/mol. The predicted molar refractivity (Wildman–Crippen MR) is 128 cm³/mol. The number of nitrogens with zero attached hydrogens (tertiary/aromatic N) is 6. The topological polar surface area (TPSA) is 74.4 Å². The molecule has 2 fully saturated rings. The van der Waals surface area contributed by atoms with E-state index < -0.39 is 0 Å². The zero-order valence-electron chi connectivity index (χ0n) is 19.6. The Hall–Kier alpha value is -2.48. The van der Waals surface area contributed by atoms with E-state index >= 15 is 0 Å². The Bertz CT molecular complexity index is 905.